The minimum absolute atomic E-state index is 0.339. The van der Waals surface area contributed by atoms with Crippen LogP contribution in [0.25, 0.3) is 0 Å². The van der Waals surface area contributed by atoms with Crippen LogP contribution in [0.2, 0.25) is 0 Å². The van der Waals surface area contributed by atoms with Gasteiger partial charge in [-0.2, -0.15) is 0 Å². The first-order valence-electron chi connectivity index (χ1n) is 5.59. The van der Waals surface area contributed by atoms with Crippen LogP contribution >= 0.6 is 0 Å². The van der Waals surface area contributed by atoms with Gasteiger partial charge in [0.2, 0.25) is 0 Å². The first kappa shape index (κ1) is 10.4. The molecule has 2 N–H and O–H groups in total. The zero-order valence-corrected chi connectivity index (χ0v) is 9.66. The second kappa shape index (κ2) is 3.49. The maximum Gasteiger partial charge on any atom is 0.105 e. The molecule has 2 aliphatic rings. The summed E-state index contributed by atoms with van der Waals surface area (Å²) in [5, 5.41) is 0. The van der Waals surface area contributed by atoms with Gasteiger partial charge in [0, 0.05) is 11.8 Å². The molecule has 0 heterocycles. The predicted octanol–water partition coefficient (Wildman–Crippen LogP) is 2.28. The Morgan fingerprint density at radius 3 is 2.36 bits per heavy atom. The third kappa shape index (κ3) is 2.28. The Balaban J connectivity index is 1.84. The summed E-state index contributed by atoms with van der Waals surface area (Å²) in [4.78, 5) is 0. The molecular weight excluding hydrogens is 196 g/mol. The molecule has 0 amide bonds. The van der Waals surface area contributed by atoms with Crippen LogP contribution in [0.5, 0.6) is 0 Å². The molecule has 1 unspecified atom stereocenters. The van der Waals surface area contributed by atoms with E-state index in [1.807, 2.05) is 6.92 Å². The van der Waals surface area contributed by atoms with Crippen molar-refractivity contribution in [1.29, 1.82) is 4.78 Å². The highest BCUT2D eigenvalue weighted by molar-refractivity contribution is 7.90. The van der Waals surface area contributed by atoms with Gasteiger partial charge in [-0.15, -0.1) is 0 Å². The van der Waals surface area contributed by atoms with E-state index in [4.69, 9.17) is 4.78 Å². The second-order valence-electron chi connectivity index (χ2n) is 4.86. The van der Waals surface area contributed by atoms with E-state index in [1.54, 1.807) is 0 Å². The van der Waals surface area contributed by atoms with Crippen LogP contribution in [0.15, 0.2) is 0 Å². The molecule has 2 saturated carbocycles. The first-order valence-corrected chi connectivity index (χ1v) is 7.32. The van der Waals surface area contributed by atoms with Crippen LogP contribution in [0, 0.1) is 10.2 Å². The van der Waals surface area contributed by atoms with Crippen LogP contribution in [0.3, 0.4) is 0 Å². The second-order valence-corrected chi connectivity index (χ2v) is 7.02. The summed E-state index contributed by atoms with van der Waals surface area (Å²) in [6.45, 7) is 1.81. The van der Waals surface area contributed by atoms with Gasteiger partial charge in [0.25, 0.3) is 0 Å². The Kier molecular flexibility index (Phi) is 2.60. The maximum atomic E-state index is 11.6. The first-order chi connectivity index (χ1) is 6.55. The van der Waals surface area contributed by atoms with E-state index in [9.17, 15) is 4.21 Å². The Morgan fingerprint density at radius 2 is 1.93 bits per heavy atom. The average molecular weight is 216 g/mol. The third-order valence-corrected chi connectivity index (χ3v) is 5.29. The highest BCUT2D eigenvalue weighted by Crippen LogP contribution is 2.56. The molecule has 0 aliphatic heterocycles. The van der Waals surface area contributed by atoms with Crippen molar-refractivity contribution in [3.8, 4) is 0 Å². The van der Waals surface area contributed by atoms with Gasteiger partial charge in [0.1, 0.15) is 9.92 Å². The topological polar surface area (TPSA) is 53.0 Å². The van der Waals surface area contributed by atoms with Crippen LogP contribution in [-0.4, -0.2) is 16.0 Å². The largest absolute Gasteiger partial charge is 0.240 e. The molecule has 1 atom stereocenters. The van der Waals surface area contributed by atoms with Gasteiger partial charge in [-0.05, 0) is 43.9 Å². The summed E-state index contributed by atoms with van der Waals surface area (Å²) in [5.41, 5.74) is 0.688. The molecule has 0 saturated heterocycles. The van der Waals surface area contributed by atoms with E-state index in [2.05, 4.69) is 4.72 Å². The smallest absolute Gasteiger partial charge is 0.105 e. The molecule has 2 aliphatic carbocycles. The zero-order valence-electron chi connectivity index (χ0n) is 8.84. The number of hydrogen-bond donors (Lipinski definition) is 2. The van der Waals surface area contributed by atoms with Crippen molar-refractivity contribution in [2.24, 2.45) is 5.41 Å². The number of nitrogens with one attached hydrogen (secondary N) is 2. The quantitative estimate of drug-likeness (QED) is 0.747. The summed E-state index contributed by atoms with van der Waals surface area (Å²) < 4.78 is 22.1. The lowest BCUT2D eigenvalue weighted by Gasteiger charge is -2.29. The van der Waals surface area contributed by atoms with Gasteiger partial charge in [-0.1, -0.05) is 6.92 Å². The molecule has 2 fully saturated rings. The lowest BCUT2D eigenvalue weighted by Crippen LogP contribution is -2.38. The van der Waals surface area contributed by atoms with Crippen LogP contribution < -0.4 is 4.72 Å². The Bertz CT molecular complexity index is 296. The molecule has 3 nitrogen and oxygen atoms in total. The van der Waals surface area contributed by atoms with E-state index in [1.165, 1.54) is 25.7 Å². The molecule has 0 aromatic rings. The van der Waals surface area contributed by atoms with Crippen molar-refractivity contribution in [2.45, 2.75) is 51.5 Å². The van der Waals surface area contributed by atoms with Gasteiger partial charge in [-0.25, -0.2) is 13.7 Å². The van der Waals surface area contributed by atoms with Gasteiger partial charge >= 0.3 is 0 Å². The lowest BCUT2D eigenvalue weighted by atomic mass is 9.84. The van der Waals surface area contributed by atoms with Crippen LogP contribution in [-0.2, 0) is 9.92 Å². The van der Waals surface area contributed by atoms with Gasteiger partial charge < -0.3 is 0 Å². The summed E-state index contributed by atoms with van der Waals surface area (Å²) >= 11 is 0. The Morgan fingerprint density at radius 1 is 1.36 bits per heavy atom. The predicted molar refractivity (Wildman–Crippen MR) is 58.5 cm³/mol. The van der Waals surface area contributed by atoms with Crippen molar-refractivity contribution in [1.82, 2.24) is 4.72 Å². The summed E-state index contributed by atoms with van der Waals surface area (Å²) in [6.07, 6.45) is 7.62. The van der Waals surface area contributed by atoms with Crippen LogP contribution in [0.1, 0.15) is 45.4 Å². The molecule has 82 valence electrons. The monoisotopic (exact) mass is 216 g/mol. The minimum atomic E-state index is -2.49. The zero-order chi connectivity index (χ0) is 10.2. The van der Waals surface area contributed by atoms with Crippen molar-refractivity contribution < 1.29 is 4.21 Å². The van der Waals surface area contributed by atoms with Crippen LogP contribution in [0.4, 0.5) is 0 Å². The molecule has 2 rings (SSSR count). The van der Waals surface area contributed by atoms with Gasteiger partial charge in [0.15, 0.2) is 0 Å². The van der Waals surface area contributed by atoms with Crippen molar-refractivity contribution in [3.05, 3.63) is 0 Å². The van der Waals surface area contributed by atoms with Crippen molar-refractivity contribution in [3.63, 3.8) is 0 Å². The standard InChI is InChI=1S/C10H20N2OS/c1-2-14(11,13)12-9-3-5-10(6-4-9)7-8-10/h9H,2-8H2,1H3,(H2,11,12,13). The van der Waals surface area contributed by atoms with Crippen molar-refractivity contribution >= 4 is 9.92 Å². The molecule has 0 bridgehead atoms. The van der Waals surface area contributed by atoms with E-state index in [0.29, 0.717) is 17.2 Å². The SMILES string of the molecule is CCS(=N)(=O)NC1CCC2(CC1)CC2. The molecule has 4 heteroatoms. The molecule has 0 aromatic carbocycles. The summed E-state index contributed by atoms with van der Waals surface area (Å²) in [5.74, 6) is 0.425. The third-order valence-electron chi connectivity index (χ3n) is 3.77. The van der Waals surface area contributed by atoms with Crippen molar-refractivity contribution in [2.75, 3.05) is 5.75 Å². The van der Waals surface area contributed by atoms with E-state index < -0.39 is 9.92 Å². The number of hydrogen-bond acceptors (Lipinski definition) is 2. The van der Waals surface area contributed by atoms with Gasteiger partial charge in [0.05, 0.1) is 0 Å². The fraction of sp³-hybridized carbons (Fsp3) is 1.00. The average Bonchev–Trinajstić information content (AvgIpc) is 2.90. The highest BCUT2D eigenvalue weighted by Gasteiger charge is 2.44. The molecule has 0 radical (unpaired) electrons. The van der Waals surface area contributed by atoms with Gasteiger partial charge in [-0.3, -0.25) is 0 Å². The molecule has 1 spiro atoms. The van der Waals surface area contributed by atoms with E-state index in [0.717, 1.165) is 12.8 Å². The molecule has 14 heavy (non-hydrogen) atoms. The Labute approximate surface area is 86.8 Å². The summed E-state index contributed by atoms with van der Waals surface area (Å²) in [6, 6.07) is 0.339. The lowest BCUT2D eigenvalue weighted by molar-refractivity contribution is 0.295. The molecular formula is C10H20N2OS. The minimum Gasteiger partial charge on any atom is -0.240 e. The highest BCUT2D eigenvalue weighted by atomic mass is 32.2. The van der Waals surface area contributed by atoms with E-state index >= 15 is 0 Å². The Hall–Kier alpha value is -0.0900. The summed E-state index contributed by atoms with van der Waals surface area (Å²) in [7, 11) is -2.49. The normalized spacial score (nSPS) is 30.1. The fourth-order valence-electron chi connectivity index (χ4n) is 2.38. The fourth-order valence-corrected chi connectivity index (χ4v) is 3.32. The molecule has 0 aromatic heterocycles. The maximum absolute atomic E-state index is 11.6. The number of rotatable bonds is 3. The van der Waals surface area contributed by atoms with E-state index in [-0.39, 0.29) is 0 Å².